The first-order valence-electron chi connectivity index (χ1n) is 1.06. The van der Waals surface area contributed by atoms with Crippen LogP contribution < -0.4 is 0 Å². The molecule has 0 saturated heterocycles. The van der Waals surface area contributed by atoms with Gasteiger partial charge in [0, 0.05) is 0 Å². The fourth-order valence-electron chi connectivity index (χ4n) is 0.0272. The lowest BCUT2D eigenvalue weighted by atomic mass is 15.9. The van der Waals surface area contributed by atoms with E-state index < -0.39 is 16.7 Å². The maximum Gasteiger partial charge on any atom is 0.559 e. The van der Waals surface area contributed by atoms with Gasteiger partial charge in [0.05, 0.1) is 0 Å². The van der Waals surface area contributed by atoms with Crippen molar-refractivity contribution in [3.8, 4) is 0 Å². The minimum atomic E-state index is -2.80. The van der Waals surface area contributed by atoms with Crippen LogP contribution in [0.4, 0.5) is 0 Å². The summed E-state index contributed by atoms with van der Waals surface area (Å²) in [5, 5.41) is 0. The Hall–Kier alpha value is 0.910. The van der Waals surface area contributed by atoms with E-state index in [1.807, 2.05) is 0 Å². The molecule has 0 N–H and O–H groups in total. The van der Waals surface area contributed by atoms with Crippen molar-refractivity contribution in [2.75, 3.05) is 0 Å². The molecular formula is HO3PS3. The van der Waals surface area contributed by atoms with Gasteiger partial charge in [-0.2, -0.15) is 9.13 Å². The fraction of sp³-hybridized carbons (Fsp3) is 0. The maximum atomic E-state index is 9.91. The molecule has 1 atom stereocenters. The minimum absolute atomic E-state index is 0.503. The predicted octanol–water partition coefficient (Wildman–Crippen LogP) is 1.32. The second kappa shape index (κ2) is 3.86. The molecule has 0 spiro atoms. The first-order chi connectivity index (χ1) is 3.18. The molecule has 0 aromatic rings. The van der Waals surface area contributed by atoms with E-state index in [2.05, 4.69) is 11.7 Å². The Labute approximate surface area is 52.2 Å². The van der Waals surface area contributed by atoms with Crippen LogP contribution in [0.3, 0.4) is 0 Å². The van der Waals surface area contributed by atoms with E-state index in [0.29, 0.717) is 9.83 Å². The van der Waals surface area contributed by atoms with Crippen LogP contribution in [0, 0.1) is 0 Å². The quantitative estimate of drug-likeness (QED) is 0.298. The molecule has 0 saturated carbocycles. The topological polar surface area (TPSA) is 57.2 Å². The van der Waals surface area contributed by atoms with E-state index in [-0.39, 0.29) is 0 Å². The second-order valence-corrected chi connectivity index (χ2v) is 6.87. The van der Waals surface area contributed by atoms with Gasteiger partial charge in [-0.15, -0.1) is 0 Å². The van der Waals surface area contributed by atoms with Gasteiger partial charge in [-0.25, -0.2) is 0 Å². The average Bonchev–Trinajstić information content (AvgIpc) is 1.65. The van der Waals surface area contributed by atoms with Gasteiger partial charge >= 0.3 is 6.88 Å². The van der Waals surface area contributed by atoms with Gasteiger partial charge in [0.25, 0.3) is 0 Å². The van der Waals surface area contributed by atoms with Gasteiger partial charge in [0.2, 0.25) is 0 Å². The summed E-state index contributed by atoms with van der Waals surface area (Å²) in [5.74, 6) is 0. The third kappa shape index (κ3) is 3.49. The van der Waals surface area contributed by atoms with Gasteiger partial charge in [-0.3, -0.25) is 0 Å². The van der Waals surface area contributed by atoms with Gasteiger partial charge in [0.1, 0.15) is 0 Å². The smallest absolute Gasteiger partial charge is 0.559 e. The van der Waals surface area contributed by atoms with Gasteiger partial charge in [-0.1, -0.05) is 11.7 Å². The Kier molecular flexibility index (Phi) is 4.36. The summed E-state index contributed by atoms with van der Waals surface area (Å²) in [6.07, 6.45) is 0. The standard InChI is InChI=1S/HO3PS3/c1-4(2)7(3)6-5/h5H. The molecule has 7 heteroatoms. The van der Waals surface area contributed by atoms with Crippen LogP contribution in [0.25, 0.3) is 0 Å². The first-order valence-corrected chi connectivity index (χ1v) is 6.38. The molecule has 0 radical (unpaired) electrons. The zero-order chi connectivity index (χ0) is 5.86. The highest BCUT2D eigenvalue weighted by Gasteiger charge is 2.11. The normalized spacial score (nSPS) is 13.4. The Morgan fingerprint density at radius 2 is 2.14 bits per heavy atom. The van der Waals surface area contributed by atoms with E-state index in [4.69, 9.17) is 0 Å². The SMILES string of the molecule is O=P(=O)[S+]([O-])SS. The highest BCUT2D eigenvalue weighted by Crippen LogP contribution is 2.31. The van der Waals surface area contributed by atoms with Gasteiger partial charge in [0.15, 0.2) is 19.7 Å². The van der Waals surface area contributed by atoms with Gasteiger partial charge in [-0.05, 0) is 0 Å². The molecule has 0 aromatic carbocycles. The summed E-state index contributed by atoms with van der Waals surface area (Å²) >= 11 is 3.39. The predicted molar refractivity (Wildman–Crippen MR) is 33.0 cm³/mol. The Morgan fingerprint density at radius 3 is 2.14 bits per heavy atom. The monoisotopic (exact) mass is 176 g/mol. The van der Waals surface area contributed by atoms with Crippen molar-refractivity contribution >= 4 is 38.2 Å². The van der Waals surface area contributed by atoms with E-state index >= 15 is 0 Å². The molecule has 0 aliphatic rings. The zero-order valence-electron chi connectivity index (χ0n) is 2.94. The number of hydrogen-bond acceptors (Lipinski definition) is 5. The van der Waals surface area contributed by atoms with E-state index in [0.717, 1.165) is 0 Å². The van der Waals surface area contributed by atoms with Crippen molar-refractivity contribution in [3.05, 3.63) is 0 Å². The fourth-order valence-corrected chi connectivity index (χ4v) is 2.20. The molecule has 0 aliphatic carbocycles. The lowest BCUT2D eigenvalue weighted by molar-refractivity contribution is 0.522. The number of hydrogen-bond donors (Lipinski definition) is 1. The van der Waals surface area contributed by atoms with Crippen LogP contribution in [0.15, 0.2) is 0 Å². The summed E-state index contributed by atoms with van der Waals surface area (Å²) in [4.78, 5) is 0. The average molecular weight is 176 g/mol. The molecule has 0 aromatic heterocycles. The van der Waals surface area contributed by atoms with Crippen molar-refractivity contribution in [1.82, 2.24) is 0 Å². The molecule has 0 amide bonds. The van der Waals surface area contributed by atoms with Crippen LogP contribution in [0.2, 0.25) is 0 Å². The van der Waals surface area contributed by atoms with E-state index in [1.54, 1.807) is 0 Å². The molecule has 0 rings (SSSR count). The van der Waals surface area contributed by atoms with Crippen molar-refractivity contribution < 1.29 is 13.7 Å². The van der Waals surface area contributed by atoms with E-state index in [9.17, 15) is 13.7 Å². The molecule has 0 aliphatic heterocycles. The Morgan fingerprint density at radius 1 is 1.71 bits per heavy atom. The van der Waals surface area contributed by atoms with Crippen molar-refractivity contribution in [1.29, 1.82) is 0 Å². The van der Waals surface area contributed by atoms with Gasteiger partial charge < -0.3 is 4.55 Å². The van der Waals surface area contributed by atoms with Crippen molar-refractivity contribution in [3.63, 3.8) is 0 Å². The largest absolute Gasteiger partial charge is 0.593 e. The minimum Gasteiger partial charge on any atom is -0.593 e. The van der Waals surface area contributed by atoms with Crippen molar-refractivity contribution in [2.24, 2.45) is 0 Å². The zero-order valence-corrected chi connectivity index (χ0v) is 6.36. The second-order valence-electron chi connectivity index (χ2n) is 0.515. The molecule has 0 bridgehead atoms. The number of thiol groups is 1. The number of rotatable bonds is 2. The Bertz CT molecular complexity index is 98.7. The third-order valence-corrected chi connectivity index (χ3v) is 5.71. The molecule has 0 heterocycles. The summed E-state index contributed by atoms with van der Waals surface area (Å²) in [7, 11) is -1.34. The summed E-state index contributed by atoms with van der Waals surface area (Å²) in [6, 6.07) is 0. The summed E-state index contributed by atoms with van der Waals surface area (Å²) < 4.78 is 29.1. The lowest BCUT2D eigenvalue weighted by Gasteiger charge is -1.86. The maximum absolute atomic E-state index is 9.91. The van der Waals surface area contributed by atoms with Crippen molar-refractivity contribution in [2.45, 2.75) is 0 Å². The molecule has 3 nitrogen and oxygen atoms in total. The molecule has 42 valence electrons. The van der Waals surface area contributed by atoms with Crippen LogP contribution in [0.5, 0.6) is 0 Å². The van der Waals surface area contributed by atoms with Crippen LogP contribution in [-0.4, -0.2) is 4.55 Å². The van der Waals surface area contributed by atoms with Crippen LogP contribution in [0.1, 0.15) is 0 Å². The highest BCUT2D eigenvalue weighted by atomic mass is 33.6. The summed E-state index contributed by atoms with van der Waals surface area (Å²) in [6.45, 7) is -2.80. The Balaban J connectivity index is 3.57. The molecule has 1 unspecified atom stereocenters. The summed E-state index contributed by atoms with van der Waals surface area (Å²) in [5.41, 5.74) is 0. The highest BCUT2D eigenvalue weighted by molar-refractivity contribution is 9.12. The van der Waals surface area contributed by atoms with E-state index in [1.165, 1.54) is 0 Å². The van der Waals surface area contributed by atoms with Crippen LogP contribution in [-0.2, 0) is 19.0 Å². The third-order valence-electron chi connectivity index (χ3n) is 0.185. The lowest BCUT2D eigenvalue weighted by Crippen LogP contribution is -1.73. The molecule has 0 fully saturated rings. The van der Waals surface area contributed by atoms with Crippen LogP contribution >= 0.6 is 28.4 Å². The molecule has 7 heavy (non-hydrogen) atoms. The molecular weight excluding hydrogens is 175 g/mol. The first kappa shape index (κ1) is 7.91.